The summed E-state index contributed by atoms with van der Waals surface area (Å²) in [6.45, 7) is 6.71. The zero-order valence-electron chi connectivity index (χ0n) is 9.32. The summed E-state index contributed by atoms with van der Waals surface area (Å²) in [5.41, 5.74) is 2.52. The molecule has 2 aromatic heterocycles. The first kappa shape index (κ1) is 10.4. The second-order valence-electron chi connectivity index (χ2n) is 4.66. The van der Waals surface area contributed by atoms with Gasteiger partial charge >= 0.3 is 0 Å². The molecule has 78 valence electrons. The summed E-state index contributed by atoms with van der Waals surface area (Å²) in [6.07, 6.45) is 1.84. The normalized spacial score (nSPS) is 11.7. The quantitative estimate of drug-likeness (QED) is 0.700. The first-order chi connectivity index (χ1) is 7.07. The smallest absolute Gasteiger partial charge is 0.0710 e. The van der Waals surface area contributed by atoms with Gasteiger partial charge in [0.15, 0.2) is 0 Å². The van der Waals surface area contributed by atoms with Gasteiger partial charge in [-0.2, -0.15) is 0 Å². The zero-order chi connectivity index (χ0) is 10.9. The molecule has 0 aliphatic rings. The molecule has 0 N–H and O–H groups in total. The highest BCUT2D eigenvalue weighted by atomic mass is 32.1. The Balaban J connectivity index is 2.37. The van der Waals surface area contributed by atoms with Gasteiger partial charge < -0.3 is 0 Å². The number of aromatic nitrogens is 1. The van der Waals surface area contributed by atoms with Crippen LogP contribution < -0.4 is 0 Å². The molecule has 0 atom stereocenters. The summed E-state index contributed by atoms with van der Waals surface area (Å²) in [5.74, 6) is 0. The molecule has 2 rings (SSSR count). The fourth-order valence-electron chi connectivity index (χ4n) is 1.40. The minimum absolute atomic E-state index is 0.234. The van der Waals surface area contributed by atoms with Gasteiger partial charge in [0, 0.05) is 22.0 Å². The van der Waals surface area contributed by atoms with E-state index in [2.05, 4.69) is 43.3 Å². The minimum Gasteiger partial charge on any atom is -0.256 e. The monoisotopic (exact) mass is 217 g/mol. The zero-order valence-corrected chi connectivity index (χ0v) is 10.1. The largest absolute Gasteiger partial charge is 0.256 e. The predicted molar refractivity (Wildman–Crippen MR) is 66.3 cm³/mol. The number of nitrogens with zero attached hydrogens (tertiary/aromatic N) is 1. The van der Waals surface area contributed by atoms with E-state index in [1.54, 1.807) is 0 Å². The minimum atomic E-state index is 0.234. The van der Waals surface area contributed by atoms with E-state index >= 15 is 0 Å². The summed E-state index contributed by atoms with van der Waals surface area (Å²) in [7, 11) is 0. The maximum Gasteiger partial charge on any atom is 0.0710 e. The molecule has 1 nitrogen and oxygen atoms in total. The van der Waals surface area contributed by atoms with Gasteiger partial charge in [0.25, 0.3) is 0 Å². The van der Waals surface area contributed by atoms with Crippen molar-refractivity contribution in [2.75, 3.05) is 0 Å². The second kappa shape index (κ2) is 3.78. The third-order valence-electron chi connectivity index (χ3n) is 2.30. The van der Waals surface area contributed by atoms with Crippen LogP contribution in [0.25, 0.3) is 11.3 Å². The average molecular weight is 217 g/mol. The highest BCUT2D eigenvalue weighted by molar-refractivity contribution is 7.10. The molecule has 15 heavy (non-hydrogen) atoms. The van der Waals surface area contributed by atoms with E-state index in [4.69, 9.17) is 0 Å². The number of hydrogen-bond donors (Lipinski definition) is 0. The molecule has 0 bridgehead atoms. The van der Waals surface area contributed by atoms with E-state index in [1.165, 1.54) is 10.4 Å². The van der Waals surface area contributed by atoms with Crippen molar-refractivity contribution >= 4 is 11.3 Å². The van der Waals surface area contributed by atoms with Crippen molar-refractivity contribution in [3.63, 3.8) is 0 Å². The van der Waals surface area contributed by atoms with Crippen molar-refractivity contribution in [3.05, 3.63) is 40.7 Å². The van der Waals surface area contributed by atoms with Crippen LogP contribution in [0.2, 0.25) is 0 Å². The topological polar surface area (TPSA) is 12.9 Å². The Morgan fingerprint density at radius 1 is 1.20 bits per heavy atom. The fourth-order valence-corrected chi connectivity index (χ4v) is 2.39. The summed E-state index contributed by atoms with van der Waals surface area (Å²) < 4.78 is 0. The molecule has 0 amide bonds. The Bertz CT molecular complexity index is 437. The number of thiophene rings is 1. The molecule has 0 saturated carbocycles. The maximum atomic E-state index is 4.35. The molecule has 0 radical (unpaired) electrons. The Labute approximate surface area is 94.8 Å². The van der Waals surface area contributed by atoms with E-state index in [0.717, 1.165) is 5.69 Å². The van der Waals surface area contributed by atoms with Crippen LogP contribution in [-0.2, 0) is 5.41 Å². The molecule has 0 fully saturated rings. The molecule has 0 spiro atoms. The fraction of sp³-hybridized carbons (Fsp3) is 0.308. The number of hydrogen-bond acceptors (Lipinski definition) is 2. The lowest BCUT2D eigenvalue weighted by molar-refractivity contribution is 0.604. The summed E-state index contributed by atoms with van der Waals surface area (Å²) in [6, 6.07) is 8.26. The van der Waals surface area contributed by atoms with Crippen molar-refractivity contribution in [1.82, 2.24) is 4.98 Å². The van der Waals surface area contributed by atoms with Crippen molar-refractivity contribution < 1.29 is 0 Å². The van der Waals surface area contributed by atoms with Gasteiger partial charge in [-0.3, -0.25) is 4.98 Å². The highest BCUT2D eigenvalue weighted by Gasteiger charge is 2.16. The first-order valence-electron chi connectivity index (χ1n) is 5.08. The van der Waals surface area contributed by atoms with E-state index in [1.807, 2.05) is 29.7 Å². The Hall–Kier alpha value is -1.15. The van der Waals surface area contributed by atoms with E-state index < -0.39 is 0 Å². The van der Waals surface area contributed by atoms with E-state index in [-0.39, 0.29) is 5.41 Å². The van der Waals surface area contributed by atoms with Gasteiger partial charge in [-0.1, -0.05) is 26.8 Å². The molecule has 2 heterocycles. The van der Waals surface area contributed by atoms with Crippen LogP contribution in [0, 0.1) is 0 Å². The van der Waals surface area contributed by atoms with Crippen LogP contribution in [-0.4, -0.2) is 4.98 Å². The van der Waals surface area contributed by atoms with Gasteiger partial charge in [0.2, 0.25) is 0 Å². The molecule has 0 unspecified atom stereocenters. The van der Waals surface area contributed by atoms with Crippen LogP contribution in [0.3, 0.4) is 0 Å². The molecule has 2 heteroatoms. The number of pyridine rings is 1. The van der Waals surface area contributed by atoms with Crippen molar-refractivity contribution in [2.24, 2.45) is 0 Å². The molecule has 2 aromatic rings. The molecular formula is C13H15NS. The maximum absolute atomic E-state index is 4.35. The standard InChI is InChI=1S/C13H15NS/c1-13(2,3)12-8-10(9-15-12)11-6-4-5-7-14-11/h4-9H,1-3H3. The third kappa shape index (κ3) is 2.26. The van der Waals surface area contributed by atoms with Crippen molar-refractivity contribution in [3.8, 4) is 11.3 Å². The first-order valence-corrected chi connectivity index (χ1v) is 5.96. The van der Waals surface area contributed by atoms with Gasteiger partial charge in [-0.05, 0) is 23.6 Å². The van der Waals surface area contributed by atoms with Crippen LogP contribution in [0.5, 0.6) is 0 Å². The Morgan fingerprint density at radius 2 is 2.00 bits per heavy atom. The van der Waals surface area contributed by atoms with Gasteiger partial charge in [-0.25, -0.2) is 0 Å². The highest BCUT2D eigenvalue weighted by Crippen LogP contribution is 2.32. The van der Waals surface area contributed by atoms with Gasteiger partial charge in [0.1, 0.15) is 0 Å². The van der Waals surface area contributed by atoms with E-state index in [9.17, 15) is 0 Å². The second-order valence-corrected chi connectivity index (χ2v) is 5.58. The van der Waals surface area contributed by atoms with Crippen LogP contribution in [0.15, 0.2) is 35.8 Å². The van der Waals surface area contributed by atoms with E-state index in [0.29, 0.717) is 0 Å². The lowest BCUT2D eigenvalue weighted by Gasteiger charge is -2.15. The molecule has 0 saturated heterocycles. The third-order valence-corrected chi connectivity index (χ3v) is 3.66. The van der Waals surface area contributed by atoms with Crippen LogP contribution >= 0.6 is 11.3 Å². The SMILES string of the molecule is CC(C)(C)c1cc(-c2ccccn2)cs1. The van der Waals surface area contributed by atoms with Gasteiger partial charge in [-0.15, -0.1) is 11.3 Å². The lowest BCUT2D eigenvalue weighted by Crippen LogP contribution is -2.07. The van der Waals surface area contributed by atoms with Crippen LogP contribution in [0.4, 0.5) is 0 Å². The molecule has 0 aliphatic heterocycles. The van der Waals surface area contributed by atoms with Crippen molar-refractivity contribution in [1.29, 1.82) is 0 Å². The number of rotatable bonds is 1. The summed E-state index contributed by atoms with van der Waals surface area (Å²) >= 11 is 1.81. The summed E-state index contributed by atoms with van der Waals surface area (Å²) in [4.78, 5) is 5.76. The summed E-state index contributed by atoms with van der Waals surface area (Å²) in [5, 5.41) is 2.18. The molecule has 0 aliphatic carbocycles. The average Bonchev–Trinajstić information content (AvgIpc) is 2.67. The molecule has 0 aromatic carbocycles. The Kier molecular flexibility index (Phi) is 2.61. The predicted octanol–water partition coefficient (Wildman–Crippen LogP) is 4.11. The Morgan fingerprint density at radius 3 is 2.53 bits per heavy atom. The van der Waals surface area contributed by atoms with Crippen molar-refractivity contribution in [2.45, 2.75) is 26.2 Å². The van der Waals surface area contributed by atoms with Gasteiger partial charge in [0.05, 0.1) is 5.69 Å². The lowest BCUT2D eigenvalue weighted by atomic mass is 9.94. The van der Waals surface area contributed by atoms with Crippen LogP contribution in [0.1, 0.15) is 25.6 Å². The molecular weight excluding hydrogens is 202 g/mol.